The number of thioether (sulfide) groups is 1. The van der Waals surface area contributed by atoms with Crippen molar-refractivity contribution in [1.29, 1.82) is 0 Å². The van der Waals surface area contributed by atoms with Gasteiger partial charge in [-0.3, -0.25) is 4.79 Å². The molecule has 1 atom stereocenters. The zero-order chi connectivity index (χ0) is 13.9. The minimum Gasteiger partial charge on any atom is -0.474 e. The molecule has 20 heavy (non-hydrogen) atoms. The molecule has 0 bridgehead atoms. The summed E-state index contributed by atoms with van der Waals surface area (Å²) in [6, 6.07) is 15.4. The van der Waals surface area contributed by atoms with Crippen molar-refractivity contribution >= 4 is 23.4 Å². The van der Waals surface area contributed by atoms with Crippen LogP contribution in [0.4, 0.5) is 5.69 Å². The Labute approximate surface area is 122 Å². The van der Waals surface area contributed by atoms with Gasteiger partial charge in [0.1, 0.15) is 5.75 Å². The fourth-order valence-electron chi connectivity index (χ4n) is 2.19. The molecule has 102 valence electrons. The van der Waals surface area contributed by atoms with E-state index < -0.39 is 6.10 Å². The second-order valence-electron chi connectivity index (χ2n) is 4.49. The minimum atomic E-state index is -0.576. The first kappa shape index (κ1) is 13.1. The van der Waals surface area contributed by atoms with Crippen molar-refractivity contribution in [2.45, 2.75) is 17.9 Å². The Morgan fingerprint density at radius 1 is 1.20 bits per heavy atom. The monoisotopic (exact) mass is 285 g/mol. The molecule has 0 aliphatic carbocycles. The molecule has 3 nitrogen and oxygen atoms in total. The summed E-state index contributed by atoms with van der Waals surface area (Å²) < 4.78 is 5.84. The molecule has 0 saturated heterocycles. The predicted molar refractivity (Wildman–Crippen MR) is 81.3 cm³/mol. The van der Waals surface area contributed by atoms with Crippen molar-refractivity contribution in [3.63, 3.8) is 0 Å². The molecule has 0 aromatic heterocycles. The predicted octanol–water partition coefficient (Wildman–Crippen LogP) is 3.87. The smallest absolute Gasteiger partial charge is 0.270 e. The Morgan fingerprint density at radius 3 is 2.75 bits per heavy atom. The highest BCUT2D eigenvalue weighted by Gasteiger charge is 2.28. The van der Waals surface area contributed by atoms with Crippen LogP contribution in [0.15, 0.2) is 53.4 Å². The van der Waals surface area contributed by atoms with Crippen LogP contribution in [0.5, 0.6) is 5.75 Å². The van der Waals surface area contributed by atoms with E-state index in [-0.39, 0.29) is 5.91 Å². The molecular formula is C16H15NO2S. The Bertz CT molecular complexity index is 628. The SMILES string of the molecule is CCSc1ccc2c(c1)NC(=O)C(c1ccccc1)O2. The van der Waals surface area contributed by atoms with Crippen LogP contribution in [-0.4, -0.2) is 11.7 Å². The lowest BCUT2D eigenvalue weighted by atomic mass is 10.1. The van der Waals surface area contributed by atoms with Crippen LogP contribution < -0.4 is 10.1 Å². The molecule has 0 spiro atoms. The number of ether oxygens (including phenoxy) is 1. The molecule has 2 aromatic carbocycles. The van der Waals surface area contributed by atoms with E-state index >= 15 is 0 Å². The number of anilines is 1. The van der Waals surface area contributed by atoms with Crippen molar-refractivity contribution < 1.29 is 9.53 Å². The molecular weight excluding hydrogens is 270 g/mol. The first-order valence-corrected chi connectivity index (χ1v) is 7.56. The van der Waals surface area contributed by atoms with E-state index in [2.05, 4.69) is 12.2 Å². The third-order valence-electron chi connectivity index (χ3n) is 3.11. The van der Waals surface area contributed by atoms with Crippen LogP contribution >= 0.6 is 11.8 Å². The maximum Gasteiger partial charge on any atom is 0.270 e. The van der Waals surface area contributed by atoms with E-state index in [4.69, 9.17) is 4.74 Å². The number of nitrogens with one attached hydrogen (secondary N) is 1. The molecule has 2 aromatic rings. The summed E-state index contributed by atoms with van der Waals surface area (Å²) in [6.07, 6.45) is -0.576. The van der Waals surface area contributed by atoms with E-state index in [1.807, 2.05) is 48.5 Å². The number of amides is 1. The standard InChI is InChI=1S/C16H15NO2S/c1-2-20-12-8-9-14-13(10-12)17-16(18)15(19-14)11-6-4-3-5-7-11/h3-10,15H,2H2,1H3,(H,17,18). The number of hydrogen-bond acceptors (Lipinski definition) is 3. The molecule has 1 aliphatic rings. The highest BCUT2D eigenvalue weighted by molar-refractivity contribution is 7.99. The molecule has 1 N–H and O–H groups in total. The maximum absolute atomic E-state index is 12.2. The van der Waals surface area contributed by atoms with Crippen molar-refractivity contribution in [1.82, 2.24) is 0 Å². The first-order chi connectivity index (χ1) is 9.78. The summed E-state index contributed by atoms with van der Waals surface area (Å²) in [5.41, 5.74) is 1.61. The lowest BCUT2D eigenvalue weighted by Crippen LogP contribution is -2.30. The summed E-state index contributed by atoms with van der Waals surface area (Å²) in [5, 5.41) is 2.93. The van der Waals surface area contributed by atoms with Gasteiger partial charge < -0.3 is 10.1 Å². The summed E-state index contributed by atoms with van der Waals surface area (Å²) >= 11 is 1.74. The van der Waals surface area contributed by atoms with Gasteiger partial charge in [0.25, 0.3) is 5.91 Å². The van der Waals surface area contributed by atoms with Crippen molar-refractivity contribution in [3.05, 3.63) is 54.1 Å². The molecule has 4 heteroatoms. The van der Waals surface area contributed by atoms with Crippen LogP contribution in [0.2, 0.25) is 0 Å². The number of fused-ring (bicyclic) bond motifs is 1. The Balaban J connectivity index is 1.90. The number of rotatable bonds is 3. The Kier molecular flexibility index (Phi) is 3.65. The average Bonchev–Trinajstić information content (AvgIpc) is 2.48. The van der Waals surface area contributed by atoms with Gasteiger partial charge in [-0.15, -0.1) is 11.8 Å². The van der Waals surface area contributed by atoms with E-state index in [1.54, 1.807) is 11.8 Å². The zero-order valence-corrected chi connectivity index (χ0v) is 11.9. The fourth-order valence-corrected chi connectivity index (χ4v) is 2.89. The van der Waals surface area contributed by atoms with Crippen LogP contribution in [0, 0.1) is 0 Å². The van der Waals surface area contributed by atoms with Crippen LogP contribution in [0.25, 0.3) is 0 Å². The van der Waals surface area contributed by atoms with Gasteiger partial charge in [-0.25, -0.2) is 0 Å². The molecule has 1 amide bonds. The molecule has 1 aliphatic heterocycles. The largest absolute Gasteiger partial charge is 0.474 e. The van der Waals surface area contributed by atoms with E-state index in [0.29, 0.717) is 0 Å². The van der Waals surface area contributed by atoms with Gasteiger partial charge in [-0.2, -0.15) is 0 Å². The van der Waals surface area contributed by atoms with Crippen LogP contribution in [0.3, 0.4) is 0 Å². The lowest BCUT2D eigenvalue weighted by molar-refractivity contribution is -0.123. The van der Waals surface area contributed by atoms with Crippen molar-refractivity contribution in [2.75, 3.05) is 11.1 Å². The highest BCUT2D eigenvalue weighted by atomic mass is 32.2. The summed E-state index contributed by atoms with van der Waals surface area (Å²) in [4.78, 5) is 13.3. The summed E-state index contributed by atoms with van der Waals surface area (Å²) in [6.45, 7) is 2.10. The van der Waals surface area contributed by atoms with E-state index in [0.717, 1.165) is 27.6 Å². The van der Waals surface area contributed by atoms with E-state index in [1.165, 1.54) is 0 Å². The van der Waals surface area contributed by atoms with E-state index in [9.17, 15) is 4.79 Å². The first-order valence-electron chi connectivity index (χ1n) is 6.57. The molecule has 0 radical (unpaired) electrons. The number of hydrogen-bond donors (Lipinski definition) is 1. The maximum atomic E-state index is 12.2. The third kappa shape index (κ3) is 2.51. The van der Waals surface area contributed by atoms with Gasteiger partial charge in [-0.05, 0) is 24.0 Å². The second kappa shape index (κ2) is 5.59. The minimum absolute atomic E-state index is 0.123. The van der Waals surface area contributed by atoms with Gasteiger partial charge in [-0.1, -0.05) is 37.3 Å². The van der Waals surface area contributed by atoms with Gasteiger partial charge >= 0.3 is 0 Å². The summed E-state index contributed by atoms with van der Waals surface area (Å²) in [5.74, 6) is 1.60. The van der Waals surface area contributed by atoms with Gasteiger partial charge in [0.05, 0.1) is 5.69 Å². The molecule has 0 fully saturated rings. The fraction of sp³-hybridized carbons (Fsp3) is 0.188. The van der Waals surface area contributed by atoms with Crippen LogP contribution in [0.1, 0.15) is 18.6 Å². The third-order valence-corrected chi connectivity index (χ3v) is 3.98. The number of carbonyl (C=O) groups excluding carboxylic acids is 1. The highest BCUT2D eigenvalue weighted by Crippen LogP contribution is 2.37. The normalized spacial score (nSPS) is 17.1. The molecule has 0 saturated carbocycles. The number of benzene rings is 2. The van der Waals surface area contributed by atoms with Crippen molar-refractivity contribution in [2.24, 2.45) is 0 Å². The quantitative estimate of drug-likeness (QED) is 0.870. The van der Waals surface area contributed by atoms with Gasteiger partial charge in [0.2, 0.25) is 6.10 Å². The van der Waals surface area contributed by atoms with Gasteiger partial charge in [0.15, 0.2) is 0 Å². The lowest BCUT2D eigenvalue weighted by Gasteiger charge is -2.26. The zero-order valence-electron chi connectivity index (χ0n) is 11.1. The van der Waals surface area contributed by atoms with Gasteiger partial charge in [0, 0.05) is 10.5 Å². The Morgan fingerprint density at radius 2 is 2.00 bits per heavy atom. The topological polar surface area (TPSA) is 38.3 Å². The number of carbonyl (C=O) groups is 1. The van der Waals surface area contributed by atoms with Crippen molar-refractivity contribution in [3.8, 4) is 5.75 Å². The molecule has 1 heterocycles. The Hall–Kier alpha value is -1.94. The molecule has 3 rings (SSSR count). The molecule has 1 unspecified atom stereocenters. The summed E-state index contributed by atoms with van der Waals surface area (Å²) in [7, 11) is 0. The average molecular weight is 285 g/mol. The van der Waals surface area contributed by atoms with Crippen LogP contribution in [-0.2, 0) is 4.79 Å². The second-order valence-corrected chi connectivity index (χ2v) is 5.83.